The van der Waals surface area contributed by atoms with Crippen LogP contribution < -0.4 is 23.7 Å². The summed E-state index contributed by atoms with van der Waals surface area (Å²) in [6, 6.07) is 12.7. The third-order valence-corrected chi connectivity index (χ3v) is 7.65. The first-order valence-electron chi connectivity index (χ1n) is 12.3. The first-order valence-corrected chi connectivity index (χ1v) is 12.3. The number of benzene rings is 2. The van der Waals surface area contributed by atoms with E-state index in [-0.39, 0.29) is 6.10 Å². The topological polar surface area (TPSA) is 73.2 Å². The van der Waals surface area contributed by atoms with Crippen LogP contribution in [-0.4, -0.2) is 52.0 Å². The number of likely N-dealkylation sites (N-methyl/N-ethyl adjacent to an activating group) is 1. The lowest BCUT2D eigenvalue weighted by Gasteiger charge is -2.39. The molecule has 7 nitrogen and oxygen atoms in total. The fourth-order valence-corrected chi connectivity index (χ4v) is 5.46. The largest absolute Gasteiger partial charge is 0.493 e. The highest BCUT2D eigenvalue weighted by atomic mass is 16.6. The second kappa shape index (κ2) is 10.7. The minimum Gasteiger partial charge on any atom is -0.493 e. The van der Waals surface area contributed by atoms with Crippen molar-refractivity contribution in [3.63, 3.8) is 0 Å². The molecule has 2 aliphatic heterocycles. The number of nitrogens with zero attached hydrogens (tertiary/aromatic N) is 2. The zero-order valence-corrected chi connectivity index (χ0v) is 21.4. The highest BCUT2D eigenvalue weighted by molar-refractivity contribution is 5.60. The van der Waals surface area contributed by atoms with Gasteiger partial charge in [0.15, 0.2) is 29.1 Å². The highest BCUT2D eigenvalue weighted by Crippen LogP contribution is 2.45. The van der Waals surface area contributed by atoms with Crippen LogP contribution in [0, 0.1) is 16.7 Å². The van der Waals surface area contributed by atoms with Gasteiger partial charge in [0.1, 0.15) is 6.61 Å². The smallest absolute Gasteiger partial charge is 0.203 e. The Morgan fingerprint density at radius 2 is 1.86 bits per heavy atom. The lowest BCUT2D eigenvalue weighted by molar-refractivity contribution is 0.00869. The van der Waals surface area contributed by atoms with E-state index in [4.69, 9.17) is 23.7 Å². The standard InChI is InChI=1S/C28H36N2O5/c1-6-28(18-29,25-17-34-22-11-7-8-12-23(22)35-25)13-9-10-20-15-21-19(16-30(20)2)14-24(31-3)27(33-5)26(21)32-4/h7-8,11-12,14,20,25H,6,9-10,13,15-17H2,1-5H3. The lowest BCUT2D eigenvalue weighted by Crippen LogP contribution is -2.44. The van der Waals surface area contributed by atoms with Crippen molar-refractivity contribution in [2.45, 2.75) is 57.7 Å². The maximum Gasteiger partial charge on any atom is 0.203 e. The van der Waals surface area contributed by atoms with E-state index in [1.54, 1.807) is 21.3 Å². The summed E-state index contributed by atoms with van der Waals surface area (Å²) in [7, 11) is 7.12. The van der Waals surface area contributed by atoms with E-state index in [2.05, 4.69) is 31.0 Å². The predicted molar refractivity (Wildman–Crippen MR) is 134 cm³/mol. The summed E-state index contributed by atoms with van der Waals surface area (Å²) in [6.45, 7) is 3.28. The SMILES string of the molecule is CCC(C#N)(CCCC1Cc2c(cc(OC)c(OC)c2OC)CN1C)C1COc2ccccc2O1. The van der Waals surface area contributed by atoms with Gasteiger partial charge in [0, 0.05) is 18.2 Å². The van der Waals surface area contributed by atoms with Crippen molar-refractivity contribution < 1.29 is 23.7 Å². The maximum absolute atomic E-state index is 10.2. The quantitative estimate of drug-likeness (QED) is 0.500. The molecule has 0 amide bonds. The zero-order valence-electron chi connectivity index (χ0n) is 21.4. The van der Waals surface area contributed by atoms with Gasteiger partial charge in [-0.15, -0.1) is 0 Å². The first kappa shape index (κ1) is 25.0. The van der Waals surface area contributed by atoms with Crippen LogP contribution in [0.15, 0.2) is 30.3 Å². The number of para-hydroxylation sites is 2. The number of methoxy groups -OCH3 is 3. The van der Waals surface area contributed by atoms with Gasteiger partial charge in [0.25, 0.3) is 0 Å². The van der Waals surface area contributed by atoms with Gasteiger partial charge < -0.3 is 23.7 Å². The van der Waals surface area contributed by atoms with Crippen LogP contribution in [-0.2, 0) is 13.0 Å². The van der Waals surface area contributed by atoms with Gasteiger partial charge in [-0.1, -0.05) is 25.5 Å². The molecule has 2 heterocycles. The first-order chi connectivity index (χ1) is 17.0. The zero-order chi connectivity index (χ0) is 25.0. The molecule has 0 radical (unpaired) electrons. The minimum absolute atomic E-state index is 0.283. The summed E-state index contributed by atoms with van der Waals surface area (Å²) in [5.41, 5.74) is 1.79. The molecule has 0 saturated carbocycles. The molecule has 3 unspecified atom stereocenters. The van der Waals surface area contributed by atoms with Crippen LogP contribution >= 0.6 is 0 Å². The molecule has 2 aliphatic rings. The van der Waals surface area contributed by atoms with Crippen molar-refractivity contribution in [1.29, 1.82) is 5.26 Å². The van der Waals surface area contributed by atoms with Gasteiger partial charge in [-0.2, -0.15) is 5.26 Å². The summed E-state index contributed by atoms with van der Waals surface area (Å²) in [5.74, 6) is 3.55. The molecule has 7 heteroatoms. The number of rotatable bonds is 9. The van der Waals surface area contributed by atoms with Crippen molar-refractivity contribution >= 4 is 0 Å². The van der Waals surface area contributed by atoms with E-state index in [0.717, 1.165) is 49.5 Å². The molecular formula is C28H36N2O5. The molecule has 0 aliphatic carbocycles. The molecule has 0 N–H and O–H groups in total. The van der Waals surface area contributed by atoms with E-state index in [1.165, 1.54) is 11.1 Å². The van der Waals surface area contributed by atoms with E-state index in [9.17, 15) is 5.26 Å². The van der Waals surface area contributed by atoms with Crippen LogP contribution in [0.3, 0.4) is 0 Å². The number of ether oxygens (including phenoxy) is 5. The fraction of sp³-hybridized carbons (Fsp3) is 0.536. The van der Waals surface area contributed by atoms with Crippen LogP contribution in [0.1, 0.15) is 43.7 Å². The average Bonchev–Trinajstić information content (AvgIpc) is 2.90. The van der Waals surface area contributed by atoms with Gasteiger partial charge in [-0.3, -0.25) is 4.90 Å². The fourth-order valence-electron chi connectivity index (χ4n) is 5.46. The molecule has 35 heavy (non-hydrogen) atoms. The van der Waals surface area contributed by atoms with Crippen molar-refractivity contribution in [2.75, 3.05) is 35.0 Å². The minimum atomic E-state index is -0.590. The van der Waals surface area contributed by atoms with Crippen LogP contribution in [0.25, 0.3) is 0 Å². The number of hydrogen-bond donors (Lipinski definition) is 0. The molecule has 0 fully saturated rings. The monoisotopic (exact) mass is 480 g/mol. The molecular weight excluding hydrogens is 444 g/mol. The van der Waals surface area contributed by atoms with E-state index >= 15 is 0 Å². The summed E-state index contributed by atoms with van der Waals surface area (Å²) >= 11 is 0. The van der Waals surface area contributed by atoms with Crippen LogP contribution in [0.4, 0.5) is 0 Å². The van der Waals surface area contributed by atoms with Crippen molar-refractivity contribution in [2.24, 2.45) is 5.41 Å². The van der Waals surface area contributed by atoms with Gasteiger partial charge in [0.2, 0.25) is 5.75 Å². The summed E-state index contributed by atoms with van der Waals surface area (Å²) in [5, 5.41) is 10.2. The van der Waals surface area contributed by atoms with E-state index in [0.29, 0.717) is 30.6 Å². The van der Waals surface area contributed by atoms with Gasteiger partial charge in [-0.05, 0) is 56.5 Å². The van der Waals surface area contributed by atoms with Crippen molar-refractivity contribution in [1.82, 2.24) is 4.90 Å². The molecule has 0 aromatic heterocycles. The van der Waals surface area contributed by atoms with Crippen molar-refractivity contribution in [3.8, 4) is 34.8 Å². The number of nitriles is 1. The summed E-state index contributed by atoms with van der Waals surface area (Å²) in [6.07, 6.45) is 3.94. The second-order valence-corrected chi connectivity index (χ2v) is 9.43. The molecule has 0 bridgehead atoms. The molecule has 0 spiro atoms. The molecule has 0 saturated heterocycles. The van der Waals surface area contributed by atoms with Crippen molar-refractivity contribution in [3.05, 3.63) is 41.5 Å². The molecule has 188 valence electrons. The average molecular weight is 481 g/mol. The summed E-state index contributed by atoms with van der Waals surface area (Å²) < 4.78 is 29.1. The maximum atomic E-state index is 10.2. The molecule has 3 atom stereocenters. The molecule has 2 aromatic carbocycles. The van der Waals surface area contributed by atoms with Gasteiger partial charge in [0.05, 0.1) is 32.8 Å². The predicted octanol–water partition coefficient (Wildman–Crippen LogP) is 5.00. The van der Waals surface area contributed by atoms with Crippen LogP contribution in [0.5, 0.6) is 28.7 Å². The number of fused-ring (bicyclic) bond motifs is 2. The Kier molecular flexibility index (Phi) is 7.61. The Morgan fingerprint density at radius 3 is 2.51 bits per heavy atom. The highest BCUT2D eigenvalue weighted by Gasteiger charge is 2.42. The van der Waals surface area contributed by atoms with Gasteiger partial charge in [-0.25, -0.2) is 0 Å². The normalized spacial score (nSPS) is 20.8. The van der Waals surface area contributed by atoms with Gasteiger partial charge >= 0.3 is 0 Å². The Morgan fingerprint density at radius 1 is 1.11 bits per heavy atom. The Bertz CT molecular complexity index is 1080. The Balaban J connectivity index is 1.46. The van der Waals surface area contributed by atoms with E-state index in [1.807, 2.05) is 24.3 Å². The number of hydrogen-bond acceptors (Lipinski definition) is 7. The Labute approximate surface area is 208 Å². The molecule has 4 rings (SSSR count). The molecule has 2 aromatic rings. The van der Waals surface area contributed by atoms with E-state index < -0.39 is 5.41 Å². The second-order valence-electron chi connectivity index (χ2n) is 9.43. The van der Waals surface area contributed by atoms with Crippen LogP contribution in [0.2, 0.25) is 0 Å². The lowest BCUT2D eigenvalue weighted by atomic mass is 9.75. The third-order valence-electron chi connectivity index (χ3n) is 7.65. The Hall–Kier alpha value is -3.11. The third kappa shape index (κ3) is 4.72. The summed E-state index contributed by atoms with van der Waals surface area (Å²) in [4.78, 5) is 2.38.